The Morgan fingerprint density at radius 2 is 1.53 bits per heavy atom. The lowest BCUT2D eigenvalue weighted by molar-refractivity contribution is -0.115. The highest BCUT2D eigenvalue weighted by atomic mass is 32.1. The molecule has 0 unspecified atom stereocenters. The summed E-state index contributed by atoms with van der Waals surface area (Å²) in [6.07, 6.45) is 0. The van der Waals surface area contributed by atoms with Gasteiger partial charge in [-0.2, -0.15) is 0 Å². The monoisotopic (exact) mass is 270 g/mol. The number of carbonyl (C=O) groups is 1. The summed E-state index contributed by atoms with van der Waals surface area (Å²) in [5.41, 5.74) is 1.61. The zero-order chi connectivity index (χ0) is 13.7. The van der Waals surface area contributed by atoms with Gasteiger partial charge in [0.1, 0.15) is 0 Å². The molecule has 0 saturated heterocycles. The number of anilines is 2. The van der Waals surface area contributed by atoms with Crippen LogP contribution >= 0.6 is 12.2 Å². The van der Waals surface area contributed by atoms with Crippen LogP contribution in [0.3, 0.4) is 0 Å². The van der Waals surface area contributed by atoms with Gasteiger partial charge in [0.2, 0.25) is 5.91 Å². The molecule has 0 bridgehead atoms. The van der Waals surface area contributed by atoms with Crippen LogP contribution in [0, 0.1) is 0 Å². The Bertz CT molecular complexity index is 569. The summed E-state index contributed by atoms with van der Waals surface area (Å²) in [5, 5.41) is 3.42. The van der Waals surface area contributed by atoms with Gasteiger partial charge < -0.3 is 5.32 Å². The summed E-state index contributed by atoms with van der Waals surface area (Å²) in [6, 6.07) is 18.9. The van der Waals surface area contributed by atoms with Gasteiger partial charge in [-0.05, 0) is 36.5 Å². The Labute approximate surface area is 117 Å². The third-order valence-electron chi connectivity index (χ3n) is 2.56. The van der Waals surface area contributed by atoms with E-state index in [-0.39, 0.29) is 5.91 Å². The summed E-state index contributed by atoms with van der Waals surface area (Å²) >= 11 is 5.31. The van der Waals surface area contributed by atoms with Gasteiger partial charge in [-0.1, -0.05) is 36.4 Å². The molecule has 0 heterocycles. The van der Waals surface area contributed by atoms with Crippen LogP contribution in [0.1, 0.15) is 6.92 Å². The molecule has 19 heavy (non-hydrogen) atoms. The number of rotatable bonds is 2. The number of carbonyl (C=O) groups excluding carboxylic acids is 1. The Hall–Kier alpha value is -2.20. The van der Waals surface area contributed by atoms with Gasteiger partial charge in [0, 0.05) is 12.6 Å². The number of nitrogens with zero attached hydrogens (tertiary/aromatic N) is 1. The maximum atomic E-state index is 11.8. The van der Waals surface area contributed by atoms with Crippen LogP contribution in [-0.2, 0) is 4.79 Å². The van der Waals surface area contributed by atoms with Crippen LogP contribution in [0.2, 0.25) is 0 Å². The van der Waals surface area contributed by atoms with Crippen LogP contribution < -0.4 is 10.2 Å². The molecule has 0 fully saturated rings. The summed E-state index contributed by atoms with van der Waals surface area (Å²) in [7, 11) is 0. The number of benzene rings is 2. The standard InChI is InChI=1S/C15H14N2OS/c1-12(18)17(14-10-6-3-7-11-14)15(19)16-13-8-4-2-5-9-13/h2-11H,1H3,(H,16,19). The molecule has 1 amide bonds. The molecule has 4 heteroatoms. The number of para-hydroxylation sites is 2. The Morgan fingerprint density at radius 3 is 2.05 bits per heavy atom. The van der Waals surface area contributed by atoms with E-state index >= 15 is 0 Å². The van der Waals surface area contributed by atoms with Crippen molar-refractivity contribution in [1.82, 2.24) is 0 Å². The SMILES string of the molecule is CC(=O)N(C(=S)Nc1ccccc1)c1ccccc1. The quantitative estimate of drug-likeness (QED) is 0.848. The number of thiocarbonyl (C=S) groups is 1. The maximum absolute atomic E-state index is 11.8. The summed E-state index contributed by atoms with van der Waals surface area (Å²) in [4.78, 5) is 13.2. The second-order valence-electron chi connectivity index (χ2n) is 3.99. The third-order valence-corrected chi connectivity index (χ3v) is 2.84. The molecule has 0 aliphatic carbocycles. The Balaban J connectivity index is 2.21. The normalized spacial score (nSPS) is 9.74. The largest absolute Gasteiger partial charge is 0.332 e. The van der Waals surface area contributed by atoms with Gasteiger partial charge in [0.25, 0.3) is 0 Å². The maximum Gasteiger partial charge on any atom is 0.230 e. The number of hydrogen-bond donors (Lipinski definition) is 1. The molecule has 0 radical (unpaired) electrons. The van der Waals surface area contributed by atoms with E-state index in [9.17, 15) is 4.79 Å². The van der Waals surface area contributed by atoms with Gasteiger partial charge in [0.05, 0.1) is 5.69 Å². The predicted octanol–water partition coefficient (Wildman–Crippen LogP) is 3.44. The minimum Gasteiger partial charge on any atom is -0.332 e. The van der Waals surface area contributed by atoms with Crippen molar-refractivity contribution in [3.8, 4) is 0 Å². The van der Waals surface area contributed by atoms with Gasteiger partial charge in [-0.25, -0.2) is 0 Å². The first-order valence-electron chi connectivity index (χ1n) is 5.90. The van der Waals surface area contributed by atoms with Gasteiger partial charge in [-0.3, -0.25) is 9.69 Å². The van der Waals surface area contributed by atoms with Crippen LogP contribution in [-0.4, -0.2) is 11.0 Å². The van der Waals surface area contributed by atoms with Crippen LogP contribution in [0.15, 0.2) is 60.7 Å². The van der Waals surface area contributed by atoms with E-state index in [1.165, 1.54) is 11.8 Å². The minimum atomic E-state index is -0.125. The van der Waals surface area contributed by atoms with E-state index in [0.29, 0.717) is 5.11 Å². The van der Waals surface area contributed by atoms with E-state index in [2.05, 4.69) is 5.32 Å². The fourth-order valence-electron chi connectivity index (χ4n) is 1.72. The Morgan fingerprint density at radius 1 is 1.00 bits per heavy atom. The molecule has 0 atom stereocenters. The molecule has 0 aromatic heterocycles. The first-order valence-corrected chi connectivity index (χ1v) is 6.31. The topological polar surface area (TPSA) is 32.3 Å². The first-order chi connectivity index (χ1) is 9.18. The summed E-state index contributed by atoms with van der Waals surface area (Å²) < 4.78 is 0. The third kappa shape index (κ3) is 3.39. The van der Waals surface area contributed by atoms with Crippen LogP contribution in [0.4, 0.5) is 11.4 Å². The van der Waals surface area contributed by atoms with Crippen molar-refractivity contribution in [2.24, 2.45) is 0 Å². The lowest BCUT2D eigenvalue weighted by atomic mass is 10.3. The number of hydrogen-bond acceptors (Lipinski definition) is 2. The molecule has 96 valence electrons. The lowest BCUT2D eigenvalue weighted by Gasteiger charge is -2.22. The van der Waals surface area contributed by atoms with Crippen molar-refractivity contribution in [1.29, 1.82) is 0 Å². The fourth-order valence-corrected chi connectivity index (χ4v) is 2.07. The lowest BCUT2D eigenvalue weighted by Crippen LogP contribution is -2.38. The molecule has 0 aliphatic rings. The van der Waals surface area contributed by atoms with Gasteiger partial charge >= 0.3 is 0 Å². The van der Waals surface area contributed by atoms with Crippen molar-refractivity contribution < 1.29 is 4.79 Å². The van der Waals surface area contributed by atoms with Crippen LogP contribution in [0.25, 0.3) is 0 Å². The van der Waals surface area contributed by atoms with Crippen LogP contribution in [0.5, 0.6) is 0 Å². The Kier molecular flexibility index (Phi) is 4.26. The zero-order valence-corrected chi connectivity index (χ0v) is 11.4. The molecule has 2 rings (SSSR count). The molecule has 3 nitrogen and oxygen atoms in total. The molecular formula is C15H14N2OS. The predicted molar refractivity (Wildman–Crippen MR) is 82.3 cm³/mol. The van der Waals surface area contributed by atoms with Gasteiger partial charge in [0.15, 0.2) is 5.11 Å². The van der Waals surface area contributed by atoms with E-state index in [0.717, 1.165) is 11.4 Å². The highest BCUT2D eigenvalue weighted by Crippen LogP contribution is 2.16. The summed E-state index contributed by atoms with van der Waals surface area (Å²) in [6.45, 7) is 1.49. The molecular weight excluding hydrogens is 256 g/mol. The molecule has 0 saturated carbocycles. The average molecular weight is 270 g/mol. The van der Waals surface area contributed by atoms with Crippen molar-refractivity contribution in [2.45, 2.75) is 6.92 Å². The average Bonchev–Trinajstić information content (AvgIpc) is 2.40. The van der Waals surface area contributed by atoms with E-state index in [1.54, 1.807) is 0 Å². The second-order valence-corrected chi connectivity index (χ2v) is 4.37. The van der Waals surface area contributed by atoms with E-state index in [1.807, 2.05) is 60.7 Å². The van der Waals surface area contributed by atoms with Crippen molar-refractivity contribution in [3.63, 3.8) is 0 Å². The number of amides is 1. The molecule has 0 aliphatic heterocycles. The molecule has 2 aromatic carbocycles. The molecule has 1 N–H and O–H groups in total. The van der Waals surface area contributed by atoms with Crippen molar-refractivity contribution >= 4 is 34.6 Å². The van der Waals surface area contributed by atoms with E-state index < -0.39 is 0 Å². The van der Waals surface area contributed by atoms with E-state index in [4.69, 9.17) is 12.2 Å². The highest BCUT2D eigenvalue weighted by Gasteiger charge is 2.16. The van der Waals surface area contributed by atoms with Gasteiger partial charge in [-0.15, -0.1) is 0 Å². The summed E-state index contributed by atoms with van der Waals surface area (Å²) in [5.74, 6) is -0.125. The second kappa shape index (κ2) is 6.11. The highest BCUT2D eigenvalue weighted by molar-refractivity contribution is 7.80. The fraction of sp³-hybridized carbons (Fsp3) is 0.0667. The molecule has 0 spiro atoms. The smallest absolute Gasteiger partial charge is 0.230 e. The zero-order valence-electron chi connectivity index (χ0n) is 10.5. The molecule has 2 aromatic rings. The number of nitrogens with one attached hydrogen (secondary N) is 1. The first kappa shape index (κ1) is 13.2. The minimum absolute atomic E-state index is 0.125. The van der Waals surface area contributed by atoms with Crippen molar-refractivity contribution in [3.05, 3.63) is 60.7 Å². The van der Waals surface area contributed by atoms with Crippen molar-refractivity contribution in [2.75, 3.05) is 10.2 Å².